The number of nitrogens with one attached hydrogen (secondary N) is 1. The molecule has 2 aliphatic rings. The number of carbonyl (C=O) groups is 2. The van der Waals surface area contributed by atoms with Gasteiger partial charge in [-0.3, -0.25) is 10.1 Å². The second-order valence-corrected chi connectivity index (χ2v) is 5.37. The normalized spacial score (nSPS) is 24.9. The molecule has 6 nitrogen and oxygen atoms in total. The van der Waals surface area contributed by atoms with Gasteiger partial charge in [0.2, 0.25) is 5.91 Å². The molecular weight excluding hydrogens is 272 g/mol. The van der Waals surface area contributed by atoms with Gasteiger partial charge in [-0.2, -0.15) is 0 Å². The highest BCUT2D eigenvalue weighted by Gasteiger charge is 2.48. The number of alkyl carbamates (subject to hydrolysis) is 1. The van der Waals surface area contributed by atoms with E-state index in [0.717, 1.165) is 11.3 Å². The number of ether oxygens (including phenoxy) is 2. The zero-order valence-electron chi connectivity index (χ0n) is 11.9. The Morgan fingerprint density at radius 3 is 2.71 bits per heavy atom. The van der Waals surface area contributed by atoms with Crippen LogP contribution in [0.5, 0.6) is 5.75 Å². The number of rotatable bonds is 3. The quantitative estimate of drug-likeness (QED) is 0.919. The second-order valence-electron chi connectivity index (χ2n) is 5.37. The third-order valence-corrected chi connectivity index (χ3v) is 4.15. The van der Waals surface area contributed by atoms with E-state index in [1.165, 1.54) is 0 Å². The molecule has 1 N–H and O–H groups in total. The van der Waals surface area contributed by atoms with Crippen molar-refractivity contribution in [1.29, 1.82) is 0 Å². The molecule has 1 aromatic rings. The molecule has 1 aromatic carbocycles. The zero-order chi connectivity index (χ0) is 14.9. The van der Waals surface area contributed by atoms with Crippen molar-refractivity contribution in [2.24, 2.45) is 0 Å². The Kier molecular flexibility index (Phi) is 3.45. The van der Waals surface area contributed by atoms with Crippen LogP contribution in [0, 0.1) is 0 Å². The van der Waals surface area contributed by atoms with Crippen LogP contribution >= 0.6 is 0 Å². The summed E-state index contributed by atoms with van der Waals surface area (Å²) in [5.41, 5.74) is 0.415. The standard InChI is InChI=1S/C15H18N2O4/c1-20-12-4-2-11(3-5-12)10-17-13(18)6-7-15(17)8-9-21-14(19)16-15/h2-5H,6-10H2,1H3,(H,16,19). The maximum Gasteiger partial charge on any atom is 0.408 e. The van der Waals surface area contributed by atoms with Gasteiger partial charge in [-0.1, -0.05) is 12.1 Å². The lowest BCUT2D eigenvalue weighted by atomic mass is 10.0. The Morgan fingerprint density at radius 2 is 2.05 bits per heavy atom. The number of cyclic esters (lactones) is 1. The van der Waals surface area contributed by atoms with Crippen LogP contribution in [0.15, 0.2) is 24.3 Å². The number of likely N-dealkylation sites (tertiary alicyclic amines) is 1. The van der Waals surface area contributed by atoms with Crippen LogP contribution in [0.1, 0.15) is 24.8 Å². The van der Waals surface area contributed by atoms with Gasteiger partial charge in [0.15, 0.2) is 0 Å². The molecule has 0 radical (unpaired) electrons. The number of amides is 2. The largest absolute Gasteiger partial charge is 0.497 e. The number of carbonyl (C=O) groups excluding carboxylic acids is 2. The Hall–Kier alpha value is -2.24. The van der Waals surface area contributed by atoms with Crippen LogP contribution < -0.4 is 10.1 Å². The summed E-state index contributed by atoms with van der Waals surface area (Å²) >= 11 is 0. The highest BCUT2D eigenvalue weighted by atomic mass is 16.6. The van der Waals surface area contributed by atoms with Crippen LogP contribution in [0.25, 0.3) is 0 Å². The molecule has 2 fully saturated rings. The second kappa shape index (κ2) is 5.27. The summed E-state index contributed by atoms with van der Waals surface area (Å²) in [5.74, 6) is 0.841. The van der Waals surface area contributed by atoms with Crippen molar-refractivity contribution < 1.29 is 19.1 Å². The van der Waals surface area contributed by atoms with Crippen molar-refractivity contribution in [3.05, 3.63) is 29.8 Å². The molecule has 0 aromatic heterocycles. The van der Waals surface area contributed by atoms with Gasteiger partial charge in [0.25, 0.3) is 0 Å². The van der Waals surface area contributed by atoms with E-state index in [0.29, 0.717) is 32.4 Å². The molecule has 0 bridgehead atoms. The van der Waals surface area contributed by atoms with E-state index in [1.54, 1.807) is 12.0 Å². The Balaban J connectivity index is 1.80. The summed E-state index contributed by atoms with van der Waals surface area (Å²) in [7, 11) is 1.62. The minimum Gasteiger partial charge on any atom is -0.497 e. The summed E-state index contributed by atoms with van der Waals surface area (Å²) in [6.45, 7) is 0.821. The van der Waals surface area contributed by atoms with Crippen LogP contribution in [-0.4, -0.2) is 36.3 Å². The van der Waals surface area contributed by atoms with Crippen molar-refractivity contribution in [2.45, 2.75) is 31.5 Å². The molecule has 0 aliphatic carbocycles. The fourth-order valence-corrected chi connectivity index (χ4v) is 2.97. The summed E-state index contributed by atoms with van der Waals surface area (Å²) in [6, 6.07) is 7.59. The Bertz CT molecular complexity index is 557. The molecule has 112 valence electrons. The Labute approximate surface area is 123 Å². The highest BCUT2D eigenvalue weighted by Crippen LogP contribution is 2.34. The Morgan fingerprint density at radius 1 is 1.29 bits per heavy atom. The van der Waals surface area contributed by atoms with Crippen LogP contribution in [-0.2, 0) is 16.1 Å². The molecule has 21 heavy (non-hydrogen) atoms. The van der Waals surface area contributed by atoms with Gasteiger partial charge in [0.1, 0.15) is 11.4 Å². The molecule has 2 saturated heterocycles. The first-order valence-electron chi connectivity index (χ1n) is 7.01. The maximum atomic E-state index is 12.2. The monoisotopic (exact) mass is 290 g/mol. The van der Waals surface area contributed by atoms with Gasteiger partial charge in [-0.15, -0.1) is 0 Å². The molecule has 2 amide bonds. The molecule has 2 heterocycles. The highest BCUT2D eigenvalue weighted by molar-refractivity contribution is 5.81. The smallest absolute Gasteiger partial charge is 0.408 e. The van der Waals surface area contributed by atoms with E-state index < -0.39 is 11.8 Å². The lowest BCUT2D eigenvalue weighted by molar-refractivity contribution is -0.134. The molecule has 2 aliphatic heterocycles. The summed E-state index contributed by atoms with van der Waals surface area (Å²) < 4.78 is 10.1. The number of benzene rings is 1. The van der Waals surface area contributed by atoms with Gasteiger partial charge < -0.3 is 14.4 Å². The fourth-order valence-electron chi connectivity index (χ4n) is 2.97. The molecule has 1 unspecified atom stereocenters. The molecule has 1 spiro atoms. The number of hydrogen-bond donors (Lipinski definition) is 1. The fraction of sp³-hybridized carbons (Fsp3) is 0.467. The van der Waals surface area contributed by atoms with Crippen molar-refractivity contribution in [2.75, 3.05) is 13.7 Å². The van der Waals surface area contributed by atoms with E-state index in [9.17, 15) is 9.59 Å². The minimum absolute atomic E-state index is 0.0630. The minimum atomic E-state index is -0.591. The maximum absolute atomic E-state index is 12.2. The lowest BCUT2D eigenvalue weighted by Gasteiger charge is -2.41. The molecule has 6 heteroatoms. The molecular formula is C15H18N2O4. The SMILES string of the molecule is COc1ccc(CN2C(=O)CCC23CCOC(=O)N3)cc1. The molecule has 3 rings (SSSR count). The number of methoxy groups -OCH3 is 1. The van der Waals surface area contributed by atoms with Gasteiger partial charge in [0.05, 0.1) is 13.7 Å². The van der Waals surface area contributed by atoms with Crippen LogP contribution in [0.4, 0.5) is 4.79 Å². The number of hydrogen-bond acceptors (Lipinski definition) is 4. The van der Waals surface area contributed by atoms with E-state index >= 15 is 0 Å². The van der Waals surface area contributed by atoms with E-state index in [1.807, 2.05) is 24.3 Å². The average molecular weight is 290 g/mol. The topological polar surface area (TPSA) is 67.9 Å². The van der Waals surface area contributed by atoms with Gasteiger partial charge in [0, 0.05) is 19.4 Å². The van der Waals surface area contributed by atoms with Gasteiger partial charge in [-0.25, -0.2) is 4.79 Å². The van der Waals surface area contributed by atoms with Crippen molar-refractivity contribution in [3.8, 4) is 5.75 Å². The van der Waals surface area contributed by atoms with Crippen molar-refractivity contribution in [3.63, 3.8) is 0 Å². The summed E-state index contributed by atoms with van der Waals surface area (Å²) in [6.07, 6.45) is 1.27. The summed E-state index contributed by atoms with van der Waals surface area (Å²) in [4.78, 5) is 25.5. The van der Waals surface area contributed by atoms with E-state index in [2.05, 4.69) is 5.32 Å². The number of nitrogens with zero attached hydrogens (tertiary/aromatic N) is 1. The predicted molar refractivity (Wildman–Crippen MR) is 74.6 cm³/mol. The third kappa shape index (κ3) is 2.53. The van der Waals surface area contributed by atoms with Crippen molar-refractivity contribution >= 4 is 12.0 Å². The molecule has 0 saturated carbocycles. The van der Waals surface area contributed by atoms with Crippen LogP contribution in [0.2, 0.25) is 0 Å². The molecule has 1 atom stereocenters. The third-order valence-electron chi connectivity index (χ3n) is 4.15. The van der Waals surface area contributed by atoms with Crippen molar-refractivity contribution in [1.82, 2.24) is 10.2 Å². The van der Waals surface area contributed by atoms with Gasteiger partial charge in [-0.05, 0) is 24.1 Å². The first-order valence-corrected chi connectivity index (χ1v) is 7.01. The van der Waals surface area contributed by atoms with Crippen LogP contribution in [0.3, 0.4) is 0 Å². The lowest BCUT2D eigenvalue weighted by Crippen LogP contribution is -2.61. The first-order chi connectivity index (χ1) is 10.1. The first kappa shape index (κ1) is 13.7. The van der Waals surface area contributed by atoms with E-state index in [-0.39, 0.29) is 5.91 Å². The summed E-state index contributed by atoms with van der Waals surface area (Å²) in [5, 5.41) is 2.83. The van der Waals surface area contributed by atoms with E-state index in [4.69, 9.17) is 9.47 Å². The zero-order valence-corrected chi connectivity index (χ0v) is 11.9. The average Bonchev–Trinajstić information content (AvgIpc) is 2.77. The van der Waals surface area contributed by atoms with Gasteiger partial charge >= 0.3 is 6.09 Å². The predicted octanol–water partition coefficient (Wildman–Crippen LogP) is 1.64.